The second-order valence-corrected chi connectivity index (χ2v) is 4.39. The molecule has 1 aromatic carbocycles. The summed E-state index contributed by atoms with van der Waals surface area (Å²) >= 11 is 0. The molecule has 0 saturated carbocycles. The third-order valence-corrected chi connectivity index (χ3v) is 3.30. The van der Waals surface area contributed by atoms with Crippen molar-refractivity contribution in [1.82, 2.24) is 5.32 Å². The molecule has 0 bridgehead atoms. The molecule has 1 fully saturated rings. The van der Waals surface area contributed by atoms with Gasteiger partial charge in [0.2, 0.25) is 0 Å². The van der Waals surface area contributed by atoms with E-state index in [0.29, 0.717) is 5.56 Å². The number of furan rings is 1. The van der Waals surface area contributed by atoms with E-state index in [9.17, 15) is 4.79 Å². The number of hydrogen-bond acceptors (Lipinski definition) is 3. The van der Waals surface area contributed by atoms with Gasteiger partial charge in [0.1, 0.15) is 11.3 Å². The van der Waals surface area contributed by atoms with E-state index in [1.165, 1.54) is 0 Å². The third-order valence-electron chi connectivity index (χ3n) is 3.30. The summed E-state index contributed by atoms with van der Waals surface area (Å²) in [6.45, 7) is 1.81. The highest BCUT2D eigenvalue weighted by molar-refractivity contribution is 6.06. The van der Waals surface area contributed by atoms with Crippen LogP contribution in [0.1, 0.15) is 28.5 Å². The van der Waals surface area contributed by atoms with Crippen molar-refractivity contribution >= 4 is 16.9 Å². The molecule has 3 rings (SSSR count). The standard InChI is InChI=1S/C13H14N2O2/c14-13(16)11-9-3-1-2-4-10(9)17-12(11)8-5-6-15-7-8/h1-4,8,15H,5-7H2,(H2,14,16). The van der Waals surface area contributed by atoms with Gasteiger partial charge in [-0.25, -0.2) is 0 Å². The van der Waals surface area contributed by atoms with Crippen molar-refractivity contribution in [3.8, 4) is 0 Å². The molecule has 0 aliphatic carbocycles. The first-order chi connectivity index (χ1) is 8.27. The Labute approximate surface area is 98.8 Å². The first-order valence-electron chi connectivity index (χ1n) is 5.79. The first-order valence-corrected chi connectivity index (χ1v) is 5.79. The second kappa shape index (κ2) is 3.89. The zero-order valence-corrected chi connectivity index (χ0v) is 9.40. The summed E-state index contributed by atoms with van der Waals surface area (Å²) in [5, 5.41) is 4.09. The minimum Gasteiger partial charge on any atom is -0.460 e. The first kappa shape index (κ1) is 10.4. The molecule has 88 valence electrons. The number of hydrogen-bond donors (Lipinski definition) is 2. The summed E-state index contributed by atoms with van der Waals surface area (Å²) in [5.74, 6) is 0.588. The molecule has 4 nitrogen and oxygen atoms in total. The number of para-hydroxylation sites is 1. The van der Waals surface area contributed by atoms with E-state index < -0.39 is 5.91 Å². The minimum absolute atomic E-state index is 0.255. The molecule has 1 saturated heterocycles. The predicted octanol–water partition coefficient (Wildman–Crippen LogP) is 1.61. The van der Waals surface area contributed by atoms with Crippen molar-refractivity contribution in [1.29, 1.82) is 0 Å². The van der Waals surface area contributed by atoms with Crippen molar-refractivity contribution in [2.45, 2.75) is 12.3 Å². The maximum atomic E-state index is 11.6. The fourth-order valence-corrected chi connectivity index (χ4v) is 2.48. The van der Waals surface area contributed by atoms with Crippen molar-refractivity contribution in [3.05, 3.63) is 35.6 Å². The fraction of sp³-hybridized carbons (Fsp3) is 0.308. The van der Waals surface area contributed by atoms with Gasteiger partial charge in [-0.1, -0.05) is 18.2 Å². The average molecular weight is 230 g/mol. The lowest BCUT2D eigenvalue weighted by atomic mass is 10.00. The van der Waals surface area contributed by atoms with E-state index in [4.69, 9.17) is 10.2 Å². The van der Waals surface area contributed by atoms with E-state index in [1.807, 2.05) is 24.3 Å². The normalized spacial score (nSPS) is 19.9. The zero-order valence-electron chi connectivity index (χ0n) is 9.40. The third kappa shape index (κ3) is 1.61. The Morgan fingerprint density at radius 2 is 2.24 bits per heavy atom. The number of carbonyl (C=O) groups excluding carboxylic acids is 1. The van der Waals surface area contributed by atoms with Crippen LogP contribution in [0.3, 0.4) is 0 Å². The Balaban J connectivity index is 2.22. The molecule has 17 heavy (non-hydrogen) atoms. The van der Waals surface area contributed by atoms with Crippen molar-refractivity contribution in [3.63, 3.8) is 0 Å². The van der Waals surface area contributed by atoms with Crippen LogP contribution in [0.4, 0.5) is 0 Å². The molecule has 1 unspecified atom stereocenters. The van der Waals surface area contributed by atoms with E-state index in [2.05, 4.69) is 5.32 Å². The lowest BCUT2D eigenvalue weighted by molar-refractivity contribution is 0.0999. The molecule has 1 amide bonds. The topological polar surface area (TPSA) is 68.3 Å². The quantitative estimate of drug-likeness (QED) is 0.823. The zero-order chi connectivity index (χ0) is 11.8. The van der Waals surface area contributed by atoms with E-state index in [1.54, 1.807) is 0 Å². The number of primary amides is 1. The lowest BCUT2D eigenvalue weighted by Crippen LogP contribution is -2.15. The van der Waals surface area contributed by atoms with Crippen molar-refractivity contribution in [2.75, 3.05) is 13.1 Å². The molecule has 1 aliphatic rings. The average Bonchev–Trinajstić information content (AvgIpc) is 2.95. The molecular weight excluding hydrogens is 216 g/mol. The summed E-state index contributed by atoms with van der Waals surface area (Å²) in [6, 6.07) is 7.53. The van der Waals surface area contributed by atoms with Crippen LogP contribution in [-0.4, -0.2) is 19.0 Å². The SMILES string of the molecule is NC(=O)c1c(C2CCNC2)oc2ccccc12. The van der Waals surface area contributed by atoms with Crippen LogP contribution in [0.2, 0.25) is 0 Å². The molecule has 4 heteroatoms. The van der Waals surface area contributed by atoms with Crippen molar-refractivity contribution in [2.24, 2.45) is 5.73 Å². The van der Waals surface area contributed by atoms with Crippen LogP contribution in [0.25, 0.3) is 11.0 Å². The fourth-order valence-electron chi connectivity index (χ4n) is 2.48. The Kier molecular flexibility index (Phi) is 2.37. The van der Waals surface area contributed by atoms with Gasteiger partial charge in [-0.2, -0.15) is 0 Å². The molecular formula is C13H14N2O2. The molecule has 1 aliphatic heterocycles. The van der Waals surface area contributed by atoms with Gasteiger partial charge < -0.3 is 15.5 Å². The van der Waals surface area contributed by atoms with Crippen LogP contribution in [-0.2, 0) is 0 Å². The second-order valence-electron chi connectivity index (χ2n) is 4.39. The summed E-state index contributed by atoms with van der Waals surface area (Å²) in [6.07, 6.45) is 0.986. The Hall–Kier alpha value is -1.81. The van der Waals surface area contributed by atoms with Crippen LogP contribution >= 0.6 is 0 Å². The van der Waals surface area contributed by atoms with Crippen molar-refractivity contribution < 1.29 is 9.21 Å². The number of nitrogens with two attached hydrogens (primary N) is 1. The summed E-state index contributed by atoms with van der Waals surface area (Å²) < 4.78 is 5.80. The van der Waals surface area contributed by atoms with Gasteiger partial charge in [0, 0.05) is 17.8 Å². The predicted molar refractivity (Wildman–Crippen MR) is 65.0 cm³/mol. The number of benzene rings is 1. The molecule has 3 N–H and O–H groups in total. The van der Waals surface area contributed by atoms with E-state index >= 15 is 0 Å². The van der Waals surface area contributed by atoms with E-state index in [-0.39, 0.29) is 5.92 Å². The number of carbonyl (C=O) groups is 1. The summed E-state index contributed by atoms with van der Waals surface area (Å²) in [7, 11) is 0. The smallest absolute Gasteiger partial charge is 0.252 e. The summed E-state index contributed by atoms with van der Waals surface area (Å²) in [4.78, 5) is 11.6. The van der Waals surface area contributed by atoms with Gasteiger partial charge in [-0.3, -0.25) is 4.79 Å². The molecule has 2 heterocycles. The molecule has 1 aromatic heterocycles. The molecule has 1 atom stereocenters. The maximum absolute atomic E-state index is 11.6. The number of nitrogens with one attached hydrogen (secondary N) is 1. The molecule has 2 aromatic rings. The molecule has 0 spiro atoms. The highest BCUT2D eigenvalue weighted by Crippen LogP contribution is 2.33. The Bertz CT molecular complexity index is 568. The van der Waals surface area contributed by atoms with Crippen LogP contribution in [0, 0.1) is 0 Å². The number of fused-ring (bicyclic) bond motifs is 1. The number of rotatable bonds is 2. The summed E-state index contributed by atoms with van der Waals surface area (Å²) in [5.41, 5.74) is 6.76. The highest BCUT2D eigenvalue weighted by Gasteiger charge is 2.27. The number of amides is 1. The monoisotopic (exact) mass is 230 g/mol. The van der Waals surface area contributed by atoms with Gasteiger partial charge >= 0.3 is 0 Å². The minimum atomic E-state index is -0.406. The van der Waals surface area contributed by atoms with Gasteiger partial charge in [0.15, 0.2) is 0 Å². The van der Waals surface area contributed by atoms with Gasteiger partial charge in [-0.05, 0) is 19.0 Å². The van der Waals surface area contributed by atoms with Gasteiger partial charge in [-0.15, -0.1) is 0 Å². The van der Waals surface area contributed by atoms with E-state index in [0.717, 1.165) is 36.2 Å². The van der Waals surface area contributed by atoms with Gasteiger partial charge in [0.05, 0.1) is 5.56 Å². The Morgan fingerprint density at radius 3 is 2.94 bits per heavy atom. The Morgan fingerprint density at radius 1 is 1.41 bits per heavy atom. The maximum Gasteiger partial charge on any atom is 0.252 e. The highest BCUT2D eigenvalue weighted by atomic mass is 16.3. The van der Waals surface area contributed by atoms with Crippen LogP contribution in [0.5, 0.6) is 0 Å². The van der Waals surface area contributed by atoms with Crippen LogP contribution < -0.4 is 11.1 Å². The lowest BCUT2D eigenvalue weighted by Gasteiger charge is -2.05. The van der Waals surface area contributed by atoms with Gasteiger partial charge in [0.25, 0.3) is 5.91 Å². The van der Waals surface area contributed by atoms with Crippen LogP contribution in [0.15, 0.2) is 28.7 Å². The molecule has 0 radical (unpaired) electrons. The largest absolute Gasteiger partial charge is 0.460 e.